The lowest BCUT2D eigenvalue weighted by molar-refractivity contribution is -0.144. The Morgan fingerprint density at radius 1 is 0.451 bits per heavy atom. The molecule has 0 saturated carbocycles. The molecule has 4 N–H and O–H groups in total. The van der Waals surface area contributed by atoms with Gasteiger partial charge in [0.1, 0.15) is 0 Å². The van der Waals surface area contributed by atoms with Crippen LogP contribution in [0.3, 0.4) is 0 Å². The molecule has 0 rings (SSSR count). The second kappa shape index (κ2) is 36.2. The summed E-state index contributed by atoms with van der Waals surface area (Å²) in [5.41, 5.74) is 5.56. The van der Waals surface area contributed by atoms with Crippen molar-refractivity contribution in [2.75, 3.05) is 59.0 Å². The number of primary amides is 1. The van der Waals surface area contributed by atoms with Gasteiger partial charge in [-0.3, -0.25) is 19.2 Å². The SMILES string of the molecule is CCCCCCCCCCN(CC(N)=O)C(=O)CN(CCCCCCCCCC)C(=O)CN(CCCCCCCCCC)C(=O)CNCCCO. The maximum atomic E-state index is 13.9. The quantitative estimate of drug-likeness (QED) is 0.0570. The number of hydrogen-bond acceptors (Lipinski definition) is 6. The maximum Gasteiger partial charge on any atom is 0.242 e. The molecule has 4 amide bonds. The summed E-state index contributed by atoms with van der Waals surface area (Å²) in [7, 11) is 0. The van der Waals surface area contributed by atoms with Crippen LogP contribution in [0, 0.1) is 0 Å². The molecule has 0 heterocycles. The third kappa shape index (κ3) is 30.0. The van der Waals surface area contributed by atoms with Gasteiger partial charge in [-0.2, -0.15) is 0 Å². The summed E-state index contributed by atoms with van der Waals surface area (Å²) in [6.45, 7) is 8.35. The van der Waals surface area contributed by atoms with Crippen molar-refractivity contribution in [3.05, 3.63) is 0 Å². The van der Waals surface area contributed by atoms with Crippen LogP contribution < -0.4 is 11.1 Å². The zero-order chi connectivity index (χ0) is 37.8. The molecule has 0 aliphatic rings. The number of aliphatic hydroxyl groups excluding tert-OH is 1. The molecule has 0 aromatic heterocycles. The van der Waals surface area contributed by atoms with E-state index in [1.165, 1.54) is 101 Å². The Bertz CT molecular complexity index is 858. The van der Waals surface area contributed by atoms with Crippen LogP contribution in [0.2, 0.25) is 0 Å². The van der Waals surface area contributed by atoms with E-state index in [9.17, 15) is 19.2 Å². The van der Waals surface area contributed by atoms with Gasteiger partial charge in [-0.25, -0.2) is 0 Å². The second-order valence-electron chi connectivity index (χ2n) is 14.6. The minimum Gasteiger partial charge on any atom is -0.396 e. The van der Waals surface area contributed by atoms with Gasteiger partial charge in [-0.15, -0.1) is 0 Å². The van der Waals surface area contributed by atoms with Crippen LogP contribution in [-0.4, -0.2) is 102 Å². The summed E-state index contributed by atoms with van der Waals surface area (Å²) in [4.78, 5) is 57.6. The zero-order valence-electron chi connectivity index (χ0n) is 33.5. The van der Waals surface area contributed by atoms with E-state index in [0.717, 1.165) is 57.8 Å². The van der Waals surface area contributed by atoms with Gasteiger partial charge in [0.15, 0.2) is 0 Å². The van der Waals surface area contributed by atoms with E-state index in [1.807, 2.05) is 0 Å². The molecule has 0 spiro atoms. The number of nitrogens with one attached hydrogen (secondary N) is 1. The second-order valence-corrected chi connectivity index (χ2v) is 14.6. The summed E-state index contributed by atoms with van der Waals surface area (Å²) >= 11 is 0. The predicted octanol–water partition coefficient (Wildman–Crippen LogP) is 7.35. The first-order chi connectivity index (χ1) is 24.8. The third-order valence-corrected chi connectivity index (χ3v) is 9.69. The van der Waals surface area contributed by atoms with Crippen LogP contribution in [0.25, 0.3) is 0 Å². The molecule has 300 valence electrons. The molecular weight excluding hydrogens is 642 g/mol. The number of aliphatic hydroxyl groups is 1. The number of unbranched alkanes of at least 4 members (excludes halogenated alkanes) is 21. The van der Waals surface area contributed by atoms with E-state index >= 15 is 0 Å². The van der Waals surface area contributed by atoms with Gasteiger partial charge in [0.05, 0.1) is 26.2 Å². The first kappa shape index (κ1) is 48.8. The number of carbonyl (C=O) groups excluding carboxylic acids is 4. The number of nitrogens with two attached hydrogens (primary N) is 1. The van der Waals surface area contributed by atoms with Gasteiger partial charge in [0, 0.05) is 26.2 Å². The Balaban J connectivity index is 5.52. The predicted molar refractivity (Wildman–Crippen MR) is 211 cm³/mol. The van der Waals surface area contributed by atoms with Gasteiger partial charge in [0.2, 0.25) is 23.6 Å². The molecule has 10 heteroatoms. The van der Waals surface area contributed by atoms with Crippen LogP contribution in [-0.2, 0) is 19.2 Å². The van der Waals surface area contributed by atoms with E-state index in [-0.39, 0.29) is 50.5 Å². The number of rotatable bonds is 38. The summed E-state index contributed by atoms with van der Waals surface area (Å²) in [5, 5.41) is 12.2. The number of carbonyl (C=O) groups is 4. The molecule has 0 saturated heterocycles. The molecule has 0 aliphatic carbocycles. The topological polar surface area (TPSA) is 136 Å². The molecular formula is C41H81N5O5. The first-order valence-electron chi connectivity index (χ1n) is 21.2. The van der Waals surface area contributed by atoms with Crippen molar-refractivity contribution in [1.82, 2.24) is 20.0 Å². The lowest BCUT2D eigenvalue weighted by atomic mass is 10.1. The molecule has 0 fully saturated rings. The Hall–Kier alpha value is -2.20. The zero-order valence-corrected chi connectivity index (χ0v) is 33.5. The average molecular weight is 724 g/mol. The van der Waals surface area contributed by atoms with E-state index in [1.54, 1.807) is 9.80 Å². The number of nitrogens with zero attached hydrogens (tertiary/aromatic N) is 3. The van der Waals surface area contributed by atoms with E-state index in [4.69, 9.17) is 10.8 Å². The molecule has 51 heavy (non-hydrogen) atoms. The normalized spacial score (nSPS) is 11.1. The van der Waals surface area contributed by atoms with Crippen LogP contribution in [0.1, 0.15) is 181 Å². The largest absolute Gasteiger partial charge is 0.396 e. The highest BCUT2D eigenvalue weighted by atomic mass is 16.3. The van der Waals surface area contributed by atoms with Crippen molar-refractivity contribution >= 4 is 23.6 Å². The van der Waals surface area contributed by atoms with E-state index < -0.39 is 5.91 Å². The average Bonchev–Trinajstić information content (AvgIpc) is 3.11. The Morgan fingerprint density at radius 3 is 1.10 bits per heavy atom. The fourth-order valence-electron chi connectivity index (χ4n) is 6.41. The van der Waals surface area contributed by atoms with Crippen molar-refractivity contribution in [3.63, 3.8) is 0 Å². The Morgan fingerprint density at radius 2 is 0.765 bits per heavy atom. The number of hydrogen-bond donors (Lipinski definition) is 3. The highest BCUT2D eigenvalue weighted by molar-refractivity contribution is 5.90. The van der Waals surface area contributed by atoms with Gasteiger partial charge in [0.25, 0.3) is 0 Å². The fourth-order valence-corrected chi connectivity index (χ4v) is 6.41. The van der Waals surface area contributed by atoms with Gasteiger partial charge >= 0.3 is 0 Å². The van der Waals surface area contributed by atoms with Gasteiger partial charge in [-0.05, 0) is 32.2 Å². The van der Waals surface area contributed by atoms with Crippen molar-refractivity contribution in [2.24, 2.45) is 5.73 Å². The minimum atomic E-state index is -0.556. The molecule has 0 bridgehead atoms. The van der Waals surface area contributed by atoms with Crippen LogP contribution in [0.5, 0.6) is 0 Å². The van der Waals surface area contributed by atoms with Gasteiger partial charge < -0.3 is 30.9 Å². The highest BCUT2D eigenvalue weighted by Crippen LogP contribution is 2.13. The van der Waals surface area contributed by atoms with Crippen LogP contribution in [0.15, 0.2) is 0 Å². The van der Waals surface area contributed by atoms with Crippen LogP contribution in [0.4, 0.5) is 0 Å². The van der Waals surface area contributed by atoms with Crippen molar-refractivity contribution < 1.29 is 24.3 Å². The Kier molecular flexibility index (Phi) is 34.6. The lowest BCUT2D eigenvalue weighted by Crippen LogP contribution is -2.50. The number of amides is 4. The molecule has 10 nitrogen and oxygen atoms in total. The molecule has 0 aliphatic heterocycles. The van der Waals surface area contributed by atoms with Crippen molar-refractivity contribution in [2.45, 2.75) is 181 Å². The third-order valence-electron chi connectivity index (χ3n) is 9.69. The Labute approximate surface area is 313 Å². The first-order valence-corrected chi connectivity index (χ1v) is 21.2. The maximum absolute atomic E-state index is 13.9. The summed E-state index contributed by atoms with van der Waals surface area (Å²) in [5.74, 6) is -1.20. The lowest BCUT2D eigenvalue weighted by Gasteiger charge is -2.30. The smallest absolute Gasteiger partial charge is 0.242 e. The van der Waals surface area contributed by atoms with Crippen molar-refractivity contribution in [1.29, 1.82) is 0 Å². The molecule has 0 aromatic rings. The molecule has 0 atom stereocenters. The monoisotopic (exact) mass is 724 g/mol. The molecule has 0 aromatic carbocycles. The standard InChI is InChI=1S/C41H81N5O5/c1-4-7-10-13-16-19-22-25-30-44(35-38(42)48)40(50)37-46(32-27-24-21-18-15-12-9-6-3)41(51)36-45(39(49)34-43-29-28-33-47)31-26-23-20-17-14-11-8-5-2/h43,47H,4-37H2,1-3H3,(H2,42,48). The van der Waals surface area contributed by atoms with Crippen molar-refractivity contribution in [3.8, 4) is 0 Å². The van der Waals surface area contributed by atoms with Gasteiger partial charge in [-0.1, -0.05) is 156 Å². The van der Waals surface area contributed by atoms with Crippen LogP contribution >= 0.6 is 0 Å². The van der Waals surface area contributed by atoms with E-state index in [0.29, 0.717) is 32.6 Å². The highest BCUT2D eigenvalue weighted by Gasteiger charge is 2.25. The van der Waals surface area contributed by atoms with E-state index in [2.05, 4.69) is 26.1 Å². The summed E-state index contributed by atoms with van der Waals surface area (Å²) < 4.78 is 0. The molecule has 0 unspecified atom stereocenters. The fraction of sp³-hybridized carbons (Fsp3) is 0.902. The summed E-state index contributed by atoms with van der Waals surface area (Å²) in [6.07, 6.45) is 27.7. The minimum absolute atomic E-state index is 0.0508. The molecule has 0 radical (unpaired) electrons. The summed E-state index contributed by atoms with van der Waals surface area (Å²) in [6, 6.07) is 0.